The number of nitrogen functional groups attached to an aromatic ring is 1. The molecule has 0 bridgehead atoms. The van der Waals surface area contributed by atoms with Crippen molar-refractivity contribution >= 4 is 44.5 Å². The summed E-state index contributed by atoms with van der Waals surface area (Å²) in [6.45, 7) is 0. The minimum atomic E-state index is -0.400. The zero-order valence-corrected chi connectivity index (χ0v) is 13.2. The average molecular weight is 371 g/mol. The molecule has 2 aromatic carbocycles. The van der Waals surface area contributed by atoms with E-state index in [4.69, 9.17) is 22.1 Å². The van der Waals surface area contributed by atoms with Gasteiger partial charge in [0.25, 0.3) is 0 Å². The number of benzene rings is 2. The van der Waals surface area contributed by atoms with Crippen LogP contribution >= 0.6 is 27.5 Å². The molecule has 7 heteroatoms. The lowest BCUT2D eigenvalue weighted by Gasteiger charge is -2.10. The van der Waals surface area contributed by atoms with Crippen molar-refractivity contribution in [2.45, 2.75) is 0 Å². The largest absolute Gasteiger partial charge is 0.497 e. The Labute approximate surface area is 133 Å². The van der Waals surface area contributed by atoms with Crippen LogP contribution in [-0.2, 0) is 0 Å². The number of aromatic nitrogens is 2. The van der Waals surface area contributed by atoms with Gasteiger partial charge >= 0.3 is 0 Å². The molecule has 0 amide bonds. The SMILES string of the molecule is COc1ccc(Cl)c(-n2c(N)nc3cc(Br)c(F)cc32)c1. The first kappa shape index (κ1) is 14.2. The van der Waals surface area contributed by atoms with Crippen LogP contribution in [0.15, 0.2) is 34.8 Å². The Hall–Kier alpha value is -1.79. The standard InChI is InChI=1S/C14H10BrClFN3O/c1-21-7-2-3-9(16)12(4-7)20-13-6-10(17)8(15)5-11(13)19-14(20)18/h2-6H,1H3,(H2,18,19). The van der Waals surface area contributed by atoms with E-state index in [-0.39, 0.29) is 5.95 Å². The summed E-state index contributed by atoms with van der Waals surface area (Å²) in [7, 11) is 1.55. The summed E-state index contributed by atoms with van der Waals surface area (Å²) < 4.78 is 20.9. The Morgan fingerprint density at radius 3 is 2.81 bits per heavy atom. The molecule has 0 aliphatic heterocycles. The molecule has 1 aromatic heterocycles. The number of imidazole rings is 1. The summed E-state index contributed by atoms with van der Waals surface area (Å²) in [4.78, 5) is 4.23. The van der Waals surface area contributed by atoms with Crippen molar-refractivity contribution in [3.8, 4) is 11.4 Å². The molecule has 2 N–H and O–H groups in total. The highest BCUT2D eigenvalue weighted by Gasteiger charge is 2.15. The average Bonchev–Trinajstić information content (AvgIpc) is 2.75. The molecule has 4 nitrogen and oxygen atoms in total. The van der Waals surface area contributed by atoms with Crippen molar-refractivity contribution in [2.24, 2.45) is 0 Å². The lowest BCUT2D eigenvalue weighted by Crippen LogP contribution is -2.02. The van der Waals surface area contributed by atoms with Crippen LogP contribution in [0.3, 0.4) is 0 Å². The quantitative estimate of drug-likeness (QED) is 0.736. The van der Waals surface area contributed by atoms with Crippen molar-refractivity contribution < 1.29 is 9.13 Å². The molecule has 0 aliphatic carbocycles. The Kier molecular flexibility index (Phi) is 3.51. The van der Waals surface area contributed by atoms with Crippen LogP contribution in [-0.4, -0.2) is 16.7 Å². The number of methoxy groups -OCH3 is 1. The van der Waals surface area contributed by atoms with Crippen molar-refractivity contribution in [1.29, 1.82) is 0 Å². The maximum absolute atomic E-state index is 13.8. The van der Waals surface area contributed by atoms with Crippen LogP contribution < -0.4 is 10.5 Å². The van der Waals surface area contributed by atoms with Gasteiger partial charge in [-0.15, -0.1) is 0 Å². The predicted molar refractivity (Wildman–Crippen MR) is 84.7 cm³/mol. The lowest BCUT2D eigenvalue weighted by atomic mass is 10.2. The van der Waals surface area contributed by atoms with E-state index in [2.05, 4.69) is 20.9 Å². The summed E-state index contributed by atoms with van der Waals surface area (Å²) in [6, 6.07) is 8.08. The Balaban J connectivity index is 2.34. The molecule has 3 rings (SSSR count). The van der Waals surface area contributed by atoms with Gasteiger partial charge in [0.1, 0.15) is 11.6 Å². The van der Waals surface area contributed by atoms with E-state index in [1.807, 2.05) is 0 Å². The number of ether oxygens (including phenoxy) is 1. The highest BCUT2D eigenvalue weighted by molar-refractivity contribution is 9.10. The molecule has 0 aliphatic rings. The van der Waals surface area contributed by atoms with Crippen molar-refractivity contribution in [1.82, 2.24) is 9.55 Å². The third-order valence-corrected chi connectivity index (χ3v) is 4.04. The Morgan fingerprint density at radius 1 is 1.33 bits per heavy atom. The van der Waals surface area contributed by atoms with E-state index in [0.717, 1.165) is 0 Å². The number of hydrogen-bond donors (Lipinski definition) is 1. The van der Waals surface area contributed by atoms with E-state index in [0.29, 0.717) is 32.0 Å². The van der Waals surface area contributed by atoms with Crippen molar-refractivity contribution in [2.75, 3.05) is 12.8 Å². The molecule has 0 saturated heterocycles. The van der Waals surface area contributed by atoms with Crippen LogP contribution in [0.2, 0.25) is 5.02 Å². The van der Waals surface area contributed by atoms with E-state index < -0.39 is 5.82 Å². The zero-order chi connectivity index (χ0) is 15.1. The van der Waals surface area contributed by atoms with Crippen molar-refractivity contribution in [3.63, 3.8) is 0 Å². The fourth-order valence-corrected chi connectivity index (χ4v) is 2.67. The van der Waals surface area contributed by atoms with Gasteiger partial charge in [-0.25, -0.2) is 9.37 Å². The number of nitrogens with two attached hydrogens (primary N) is 1. The summed E-state index contributed by atoms with van der Waals surface area (Å²) in [5.74, 6) is 0.438. The first-order chi connectivity index (χ1) is 10.0. The smallest absolute Gasteiger partial charge is 0.205 e. The minimum absolute atomic E-state index is 0.220. The Morgan fingerprint density at radius 2 is 2.10 bits per heavy atom. The van der Waals surface area contributed by atoms with E-state index in [1.54, 1.807) is 35.9 Å². The second-order valence-corrected chi connectivity index (χ2v) is 5.64. The first-order valence-corrected chi connectivity index (χ1v) is 7.15. The van der Waals surface area contributed by atoms with Gasteiger partial charge in [-0.3, -0.25) is 4.57 Å². The molecular weight excluding hydrogens is 361 g/mol. The molecule has 0 spiro atoms. The summed E-state index contributed by atoms with van der Waals surface area (Å²) in [5.41, 5.74) is 7.64. The van der Waals surface area contributed by atoms with Gasteiger partial charge in [-0.2, -0.15) is 0 Å². The number of hydrogen-bond acceptors (Lipinski definition) is 3. The van der Waals surface area contributed by atoms with Crippen LogP contribution in [0.1, 0.15) is 0 Å². The Bertz CT molecular complexity index is 850. The maximum atomic E-state index is 13.8. The number of nitrogens with zero attached hydrogens (tertiary/aromatic N) is 2. The van der Waals surface area contributed by atoms with Gasteiger partial charge in [-0.05, 0) is 34.1 Å². The van der Waals surface area contributed by atoms with Gasteiger partial charge in [0.05, 0.1) is 33.3 Å². The monoisotopic (exact) mass is 369 g/mol. The normalized spacial score (nSPS) is 11.0. The molecule has 0 unspecified atom stereocenters. The van der Waals surface area contributed by atoms with Gasteiger partial charge in [0.15, 0.2) is 0 Å². The third-order valence-electron chi connectivity index (χ3n) is 3.12. The summed E-state index contributed by atoms with van der Waals surface area (Å²) >= 11 is 9.36. The van der Waals surface area contributed by atoms with Crippen LogP contribution in [0.4, 0.5) is 10.3 Å². The predicted octanol–water partition coefficient (Wildman–Crippen LogP) is 4.17. The molecule has 21 heavy (non-hydrogen) atoms. The van der Waals surface area contributed by atoms with Crippen LogP contribution in [0, 0.1) is 5.82 Å². The highest BCUT2D eigenvalue weighted by atomic mass is 79.9. The van der Waals surface area contributed by atoms with E-state index in [9.17, 15) is 4.39 Å². The van der Waals surface area contributed by atoms with E-state index >= 15 is 0 Å². The van der Waals surface area contributed by atoms with E-state index in [1.165, 1.54) is 6.07 Å². The highest BCUT2D eigenvalue weighted by Crippen LogP contribution is 2.32. The molecular formula is C14H10BrClFN3O. The molecule has 0 fully saturated rings. The van der Waals surface area contributed by atoms with Gasteiger partial charge in [0.2, 0.25) is 5.95 Å². The zero-order valence-electron chi connectivity index (χ0n) is 10.9. The van der Waals surface area contributed by atoms with Gasteiger partial charge in [0, 0.05) is 12.1 Å². The second kappa shape index (κ2) is 5.20. The maximum Gasteiger partial charge on any atom is 0.205 e. The number of fused-ring (bicyclic) bond motifs is 1. The molecule has 0 radical (unpaired) electrons. The van der Waals surface area contributed by atoms with Gasteiger partial charge < -0.3 is 10.5 Å². The molecule has 3 aromatic rings. The number of halogens is 3. The minimum Gasteiger partial charge on any atom is -0.497 e. The van der Waals surface area contributed by atoms with Gasteiger partial charge in [-0.1, -0.05) is 11.6 Å². The molecule has 0 atom stereocenters. The summed E-state index contributed by atoms with van der Waals surface area (Å²) in [5, 5.41) is 0.463. The van der Waals surface area contributed by atoms with Crippen LogP contribution in [0.5, 0.6) is 5.75 Å². The summed E-state index contributed by atoms with van der Waals surface area (Å²) in [6.07, 6.45) is 0. The second-order valence-electron chi connectivity index (χ2n) is 4.38. The fraction of sp³-hybridized carbons (Fsp3) is 0.0714. The molecule has 108 valence electrons. The fourth-order valence-electron chi connectivity index (χ4n) is 2.14. The number of rotatable bonds is 2. The third kappa shape index (κ3) is 2.34. The molecule has 1 heterocycles. The first-order valence-electron chi connectivity index (χ1n) is 5.98. The van der Waals surface area contributed by atoms with Crippen LogP contribution in [0.25, 0.3) is 16.7 Å². The number of anilines is 1. The lowest BCUT2D eigenvalue weighted by molar-refractivity contribution is 0.414. The van der Waals surface area contributed by atoms with Crippen molar-refractivity contribution in [3.05, 3.63) is 45.6 Å². The molecule has 0 saturated carbocycles. The topological polar surface area (TPSA) is 53.1 Å².